The topological polar surface area (TPSA) is 60.0 Å². The first kappa shape index (κ1) is 18.7. The van der Waals surface area contributed by atoms with Crippen LogP contribution in [0, 0.1) is 0 Å². The highest BCUT2D eigenvalue weighted by Crippen LogP contribution is 2.29. The Balaban J connectivity index is 1.88. The first-order valence-corrected chi connectivity index (χ1v) is 8.53. The van der Waals surface area contributed by atoms with Crippen molar-refractivity contribution in [2.75, 3.05) is 45.7 Å². The van der Waals surface area contributed by atoms with E-state index in [1.54, 1.807) is 26.0 Å². The van der Waals surface area contributed by atoms with E-state index < -0.39 is 0 Å². The van der Waals surface area contributed by atoms with E-state index in [1.807, 2.05) is 18.2 Å². The number of nitrogens with zero attached hydrogens (tertiary/aromatic N) is 3. The normalized spacial score (nSPS) is 17.8. The van der Waals surface area contributed by atoms with Crippen LogP contribution in [0.4, 0.5) is 5.69 Å². The Kier molecular flexibility index (Phi) is 6.57. The molecule has 1 amide bonds. The van der Waals surface area contributed by atoms with Gasteiger partial charge in [0.1, 0.15) is 0 Å². The van der Waals surface area contributed by atoms with E-state index in [9.17, 15) is 4.79 Å². The molecule has 1 unspecified atom stereocenters. The number of carbonyl (C=O) groups excluding carboxylic acids is 1. The number of guanidine groups is 1. The second-order valence-electron chi connectivity index (χ2n) is 5.89. The molecular weight excluding hydrogens is 349 g/mol. The summed E-state index contributed by atoms with van der Waals surface area (Å²) in [4.78, 5) is 19.6. The van der Waals surface area contributed by atoms with Gasteiger partial charge in [0.25, 0.3) is 0 Å². The summed E-state index contributed by atoms with van der Waals surface area (Å²) in [5.41, 5.74) is 1.06. The van der Waals surface area contributed by atoms with Crippen LogP contribution in [0.2, 0.25) is 10.0 Å². The van der Waals surface area contributed by atoms with E-state index in [1.165, 1.54) is 0 Å². The predicted molar refractivity (Wildman–Crippen MR) is 100 cm³/mol. The molecule has 1 saturated heterocycles. The largest absolute Gasteiger partial charge is 0.369 e. The van der Waals surface area contributed by atoms with E-state index in [-0.39, 0.29) is 18.5 Å². The predicted octanol–water partition coefficient (Wildman–Crippen LogP) is 1.83. The number of hydrogen-bond acceptors (Lipinski definition) is 3. The summed E-state index contributed by atoms with van der Waals surface area (Å²) in [6.07, 6.45) is 0.975. The first-order valence-electron chi connectivity index (χ1n) is 7.78. The van der Waals surface area contributed by atoms with Gasteiger partial charge in [-0.25, -0.2) is 0 Å². The van der Waals surface area contributed by atoms with Crippen molar-refractivity contribution in [3.05, 3.63) is 28.2 Å². The average molecular weight is 372 g/mol. The molecule has 0 saturated carbocycles. The molecule has 2 rings (SSSR count). The van der Waals surface area contributed by atoms with Gasteiger partial charge in [0.05, 0.1) is 16.6 Å². The minimum atomic E-state index is 0.00167. The highest BCUT2D eigenvalue weighted by Gasteiger charge is 2.24. The molecule has 1 aromatic carbocycles. The fourth-order valence-corrected chi connectivity index (χ4v) is 2.79. The third-order valence-corrected chi connectivity index (χ3v) is 4.67. The minimum absolute atomic E-state index is 0.00167. The van der Waals surface area contributed by atoms with Crippen molar-refractivity contribution in [3.8, 4) is 0 Å². The van der Waals surface area contributed by atoms with Crippen LogP contribution in [0.3, 0.4) is 0 Å². The van der Waals surface area contributed by atoms with E-state index >= 15 is 0 Å². The van der Waals surface area contributed by atoms with Crippen molar-refractivity contribution >= 4 is 40.8 Å². The van der Waals surface area contributed by atoms with Crippen molar-refractivity contribution in [1.82, 2.24) is 15.5 Å². The van der Waals surface area contributed by atoms with Gasteiger partial charge in [-0.1, -0.05) is 23.2 Å². The molecule has 0 spiro atoms. The number of hydrogen-bond donors (Lipinski definition) is 2. The molecule has 24 heavy (non-hydrogen) atoms. The fraction of sp³-hybridized carbons (Fsp3) is 0.500. The van der Waals surface area contributed by atoms with Crippen LogP contribution in [-0.4, -0.2) is 63.6 Å². The fourth-order valence-electron chi connectivity index (χ4n) is 2.50. The van der Waals surface area contributed by atoms with Crippen LogP contribution in [0.1, 0.15) is 6.42 Å². The smallest absolute Gasteiger partial charge is 0.241 e. The van der Waals surface area contributed by atoms with E-state index in [2.05, 4.69) is 20.5 Å². The lowest BCUT2D eigenvalue weighted by atomic mass is 10.2. The van der Waals surface area contributed by atoms with Crippen molar-refractivity contribution in [2.45, 2.75) is 12.5 Å². The van der Waals surface area contributed by atoms with Crippen molar-refractivity contribution in [2.24, 2.45) is 4.99 Å². The molecule has 0 bridgehead atoms. The molecule has 0 radical (unpaired) electrons. The van der Waals surface area contributed by atoms with Gasteiger partial charge in [-0.2, -0.15) is 0 Å². The van der Waals surface area contributed by atoms with Crippen LogP contribution < -0.4 is 15.5 Å². The first-order chi connectivity index (χ1) is 11.4. The number of aliphatic imine (C=N–C) groups is 1. The Morgan fingerprint density at radius 2 is 2.12 bits per heavy atom. The molecule has 132 valence electrons. The second-order valence-corrected chi connectivity index (χ2v) is 6.70. The molecule has 0 aliphatic carbocycles. The maximum atomic E-state index is 11.6. The van der Waals surface area contributed by atoms with E-state index in [0.29, 0.717) is 16.0 Å². The Morgan fingerprint density at radius 3 is 2.75 bits per heavy atom. The molecule has 1 aromatic rings. The monoisotopic (exact) mass is 371 g/mol. The number of rotatable bonds is 4. The Labute approximate surface area is 152 Å². The Hall–Kier alpha value is -1.66. The number of likely N-dealkylation sites (N-methyl/N-ethyl adjacent to an activating group) is 1. The molecule has 1 heterocycles. The van der Waals surface area contributed by atoms with Crippen LogP contribution in [0.25, 0.3) is 0 Å². The molecule has 1 atom stereocenters. The maximum absolute atomic E-state index is 11.6. The lowest BCUT2D eigenvalue weighted by molar-refractivity contribution is -0.127. The van der Waals surface area contributed by atoms with Gasteiger partial charge in [-0.3, -0.25) is 9.79 Å². The quantitative estimate of drug-likeness (QED) is 0.626. The van der Waals surface area contributed by atoms with Crippen LogP contribution >= 0.6 is 23.2 Å². The lowest BCUT2D eigenvalue weighted by Gasteiger charge is -2.21. The zero-order chi connectivity index (χ0) is 17.7. The number of nitrogens with one attached hydrogen (secondary N) is 2. The van der Waals surface area contributed by atoms with Crippen molar-refractivity contribution in [3.63, 3.8) is 0 Å². The molecule has 8 heteroatoms. The number of benzene rings is 1. The van der Waals surface area contributed by atoms with Crippen LogP contribution in [0.5, 0.6) is 0 Å². The van der Waals surface area contributed by atoms with Gasteiger partial charge in [-0.15, -0.1) is 0 Å². The van der Waals surface area contributed by atoms with Gasteiger partial charge in [0, 0.05) is 46.0 Å². The summed E-state index contributed by atoms with van der Waals surface area (Å²) in [7, 11) is 5.15. The molecule has 1 fully saturated rings. The summed E-state index contributed by atoms with van der Waals surface area (Å²) in [5.74, 6) is 0.632. The van der Waals surface area contributed by atoms with Gasteiger partial charge in [0.15, 0.2) is 5.96 Å². The number of carbonyl (C=O) groups is 1. The van der Waals surface area contributed by atoms with Gasteiger partial charge >= 0.3 is 0 Å². The van der Waals surface area contributed by atoms with Gasteiger partial charge in [0.2, 0.25) is 5.91 Å². The Morgan fingerprint density at radius 1 is 1.38 bits per heavy atom. The number of halogens is 2. The standard InChI is InChI=1S/C16H23Cl2N5O/c1-19-16(20-9-15(24)22(2)3)21-11-6-7-23(10-11)12-4-5-13(17)14(18)8-12/h4-5,8,11H,6-7,9-10H2,1-3H3,(H2,19,20,21). The number of amides is 1. The molecule has 1 aliphatic rings. The average Bonchev–Trinajstić information content (AvgIpc) is 3.02. The molecule has 0 aromatic heterocycles. The summed E-state index contributed by atoms with van der Waals surface area (Å²) in [6, 6.07) is 5.92. The van der Waals surface area contributed by atoms with E-state index in [0.717, 1.165) is 25.2 Å². The third kappa shape index (κ3) is 4.92. The highest BCUT2D eigenvalue weighted by atomic mass is 35.5. The summed E-state index contributed by atoms with van der Waals surface area (Å²) in [5, 5.41) is 7.51. The highest BCUT2D eigenvalue weighted by molar-refractivity contribution is 6.42. The summed E-state index contributed by atoms with van der Waals surface area (Å²) in [6.45, 7) is 1.97. The number of anilines is 1. The van der Waals surface area contributed by atoms with Gasteiger partial charge in [-0.05, 0) is 24.6 Å². The van der Waals surface area contributed by atoms with E-state index in [4.69, 9.17) is 23.2 Å². The SMILES string of the molecule is CN=C(NCC(=O)N(C)C)NC1CCN(c2ccc(Cl)c(Cl)c2)C1. The molecule has 6 nitrogen and oxygen atoms in total. The maximum Gasteiger partial charge on any atom is 0.241 e. The van der Waals surface area contributed by atoms with Crippen molar-refractivity contribution < 1.29 is 4.79 Å². The molecular formula is C16H23Cl2N5O. The Bertz CT molecular complexity index is 620. The summed E-state index contributed by atoms with van der Waals surface area (Å²) >= 11 is 12.1. The minimum Gasteiger partial charge on any atom is -0.369 e. The van der Waals surface area contributed by atoms with Crippen LogP contribution in [0.15, 0.2) is 23.2 Å². The van der Waals surface area contributed by atoms with Crippen molar-refractivity contribution in [1.29, 1.82) is 0 Å². The zero-order valence-corrected chi connectivity index (χ0v) is 15.7. The third-order valence-electron chi connectivity index (χ3n) is 3.93. The lowest BCUT2D eigenvalue weighted by Crippen LogP contribution is -2.47. The van der Waals surface area contributed by atoms with Gasteiger partial charge < -0.3 is 20.4 Å². The van der Waals surface area contributed by atoms with Crippen LogP contribution in [-0.2, 0) is 4.79 Å². The second kappa shape index (κ2) is 8.44. The molecule has 2 N–H and O–H groups in total. The summed E-state index contributed by atoms with van der Waals surface area (Å²) < 4.78 is 0. The zero-order valence-electron chi connectivity index (χ0n) is 14.1. The molecule has 1 aliphatic heterocycles.